The molecule has 2 heterocycles. The molecule has 4 aliphatic carbocycles. The lowest BCUT2D eigenvalue weighted by molar-refractivity contribution is -0.0795. The highest BCUT2D eigenvalue weighted by atomic mass is 16.5. The molecule has 10 atom stereocenters. The molecule has 0 aromatic rings. The van der Waals surface area contributed by atoms with Gasteiger partial charge < -0.3 is 14.7 Å². The van der Waals surface area contributed by atoms with Gasteiger partial charge in [-0.1, -0.05) is 43.6 Å². The second-order valence-electron chi connectivity index (χ2n) is 14.5. The highest BCUT2D eigenvalue weighted by molar-refractivity contribution is 5.33. The third-order valence-electron chi connectivity index (χ3n) is 12.1. The molecule has 0 bridgehead atoms. The third kappa shape index (κ3) is 4.00. The number of ether oxygens (including phenoxy) is 1. The van der Waals surface area contributed by atoms with Gasteiger partial charge in [0.25, 0.3) is 0 Å². The topological polar surface area (TPSA) is 35.9 Å². The van der Waals surface area contributed by atoms with Gasteiger partial charge in [-0.05, 0) is 108 Å². The minimum Gasteiger partial charge on any atom is -0.389 e. The van der Waals surface area contributed by atoms with Crippen molar-refractivity contribution in [3.63, 3.8) is 0 Å². The van der Waals surface area contributed by atoms with Crippen LogP contribution in [0.4, 0.5) is 0 Å². The lowest BCUT2D eigenvalue weighted by Crippen LogP contribution is -2.53. The molecule has 202 valence electrons. The van der Waals surface area contributed by atoms with Crippen LogP contribution in [0.5, 0.6) is 0 Å². The first-order chi connectivity index (χ1) is 17.1. The molecule has 4 heteroatoms. The molecule has 0 amide bonds. The fourth-order valence-corrected chi connectivity index (χ4v) is 10.2. The van der Waals surface area contributed by atoms with Gasteiger partial charge in [0.15, 0.2) is 0 Å². The summed E-state index contributed by atoms with van der Waals surface area (Å²) < 4.78 is 7.26. The molecular weight excluding hydrogens is 444 g/mol. The van der Waals surface area contributed by atoms with Crippen LogP contribution in [0.25, 0.3) is 0 Å². The molecule has 2 saturated heterocycles. The summed E-state index contributed by atoms with van der Waals surface area (Å²) in [5, 5.41) is 10.3. The molecule has 1 N–H and O–H groups in total. The van der Waals surface area contributed by atoms with Crippen LogP contribution in [0.2, 0.25) is 0 Å². The number of allylic oxidation sites excluding steroid dienone is 2. The van der Waals surface area contributed by atoms with E-state index in [4.69, 9.17) is 4.74 Å². The van der Waals surface area contributed by atoms with Gasteiger partial charge in [-0.3, -0.25) is 4.90 Å². The fourth-order valence-electron chi connectivity index (χ4n) is 10.2. The summed E-state index contributed by atoms with van der Waals surface area (Å²) in [7, 11) is 4.40. The van der Waals surface area contributed by atoms with Gasteiger partial charge in [-0.25, -0.2) is 0 Å². The first kappa shape index (κ1) is 25.6. The Balaban J connectivity index is 1.26. The zero-order valence-corrected chi connectivity index (χ0v) is 23.9. The van der Waals surface area contributed by atoms with E-state index in [0.717, 1.165) is 49.6 Å². The number of aliphatic hydroxyl groups excluding tert-OH is 1. The van der Waals surface area contributed by atoms with Gasteiger partial charge in [-0.2, -0.15) is 0 Å². The molecule has 36 heavy (non-hydrogen) atoms. The van der Waals surface area contributed by atoms with Crippen LogP contribution in [-0.2, 0) is 4.74 Å². The van der Waals surface area contributed by atoms with Crippen molar-refractivity contribution < 1.29 is 9.84 Å². The van der Waals surface area contributed by atoms with Gasteiger partial charge in [0.1, 0.15) is 0 Å². The molecule has 1 spiro atoms. The van der Waals surface area contributed by atoms with Crippen molar-refractivity contribution >= 4 is 0 Å². The van der Waals surface area contributed by atoms with E-state index in [9.17, 15) is 5.11 Å². The van der Waals surface area contributed by atoms with Crippen LogP contribution >= 0.6 is 0 Å². The normalized spacial score (nSPS) is 48.9. The standard InChI is InChI=1S/C32H52N2O2/c1-20-15-29-30(34(19-20)14-13-33(5)6)22(3)32(36-29)12-10-25-26-8-7-23-16-24(35)9-11-31(23,4)28(26)17-27(25)21(2)18-32/h16,20,22,24-26,28-30,35H,7-15,17-19H2,1-6H3/t20-,22+,24-,25-,26?,28-,29+,30-,31-,32-/m0/s1. The minimum atomic E-state index is -0.207. The number of nitrogens with zero attached hydrogens (tertiary/aromatic N) is 2. The Labute approximate surface area is 220 Å². The molecule has 2 aliphatic heterocycles. The number of aliphatic hydroxyl groups is 1. The predicted molar refractivity (Wildman–Crippen MR) is 147 cm³/mol. The predicted octanol–water partition coefficient (Wildman–Crippen LogP) is 5.67. The quantitative estimate of drug-likeness (QED) is 0.511. The van der Waals surface area contributed by atoms with E-state index in [1.54, 1.807) is 11.1 Å². The Bertz CT molecular complexity index is 925. The van der Waals surface area contributed by atoms with Crippen LogP contribution in [0, 0.1) is 35.0 Å². The highest BCUT2D eigenvalue weighted by Crippen LogP contribution is 2.64. The smallest absolute Gasteiger partial charge is 0.0765 e. The second kappa shape index (κ2) is 9.21. The van der Waals surface area contributed by atoms with Crippen LogP contribution < -0.4 is 0 Å². The summed E-state index contributed by atoms with van der Waals surface area (Å²) in [6.45, 7) is 13.5. The molecule has 4 fully saturated rings. The zero-order valence-electron chi connectivity index (χ0n) is 23.9. The number of likely N-dealkylation sites (N-methyl/N-ethyl adjacent to an activating group) is 1. The number of piperidine rings is 1. The monoisotopic (exact) mass is 496 g/mol. The highest BCUT2D eigenvalue weighted by Gasteiger charge is 2.59. The van der Waals surface area contributed by atoms with Crippen molar-refractivity contribution in [1.82, 2.24) is 9.80 Å². The van der Waals surface area contributed by atoms with Gasteiger partial charge in [0.2, 0.25) is 0 Å². The van der Waals surface area contributed by atoms with E-state index in [1.165, 1.54) is 51.5 Å². The molecule has 0 radical (unpaired) electrons. The van der Waals surface area contributed by atoms with Gasteiger partial charge in [0, 0.05) is 31.6 Å². The lowest BCUT2D eigenvalue weighted by Gasteiger charge is -2.49. The van der Waals surface area contributed by atoms with Crippen molar-refractivity contribution in [1.29, 1.82) is 0 Å². The lowest BCUT2D eigenvalue weighted by atomic mass is 9.56. The number of hydrogen-bond acceptors (Lipinski definition) is 4. The van der Waals surface area contributed by atoms with Crippen LogP contribution in [0.15, 0.2) is 22.8 Å². The maximum Gasteiger partial charge on any atom is 0.0765 e. The molecule has 2 saturated carbocycles. The molecular formula is C32H52N2O2. The minimum absolute atomic E-state index is 0.0330. The molecule has 4 nitrogen and oxygen atoms in total. The Morgan fingerprint density at radius 1 is 1.17 bits per heavy atom. The number of fused-ring (bicyclic) bond motifs is 6. The summed E-state index contributed by atoms with van der Waals surface area (Å²) in [4.78, 5) is 5.14. The van der Waals surface area contributed by atoms with Crippen molar-refractivity contribution in [3.8, 4) is 0 Å². The number of likely N-dealkylation sites (tertiary alicyclic amines) is 1. The molecule has 0 aromatic carbocycles. The number of rotatable bonds is 3. The Kier molecular flexibility index (Phi) is 6.55. The van der Waals surface area contributed by atoms with Crippen molar-refractivity contribution in [2.45, 2.75) is 109 Å². The fraction of sp³-hybridized carbons (Fsp3) is 0.875. The van der Waals surface area contributed by atoms with Gasteiger partial charge in [0.05, 0.1) is 17.8 Å². The second-order valence-corrected chi connectivity index (χ2v) is 14.5. The van der Waals surface area contributed by atoms with E-state index < -0.39 is 0 Å². The largest absolute Gasteiger partial charge is 0.389 e. The van der Waals surface area contributed by atoms with Gasteiger partial charge >= 0.3 is 0 Å². The van der Waals surface area contributed by atoms with E-state index >= 15 is 0 Å². The Morgan fingerprint density at radius 2 is 1.97 bits per heavy atom. The number of hydrogen-bond donors (Lipinski definition) is 1. The average Bonchev–Trinajstić information content (AvgIpc) is 3.28. The van der Waals surface area contributed by atoms with Gasteiger partial charge in [-0.15, -0.1) is 0 Å². The Morgan fingerprint density at radius 3 is 2.75 bits per heavy atom. The molecule has 1 unspecified atom stereocenters. The average molecular weight is 497 g/mol. The first-order valence-corrected chi connectivity index (χ1v) is 15.3. The van der Waals surface area contributed by atoms with E-state index in [2.05, 4.69) is 57.7 Å². The molecule has 0 aromatic heterocycles. The zero-order chi connectivity index (χ0) is 25.4. The third-order valence-corrected chi connectivity index (χ3v) is 12.1. The van der Waals surface area contributed by atoms with E-state index in [1.807, 2.05) is 5.57 Å². The Hall–Kier alpha value is -0.680. The maximum atomic E-state index is 10.3. The summed E-state index contributed by atoms with van der Waals surface area (Å²) in [5.74, 6) is 3.70. The van der Waals surface area contributed by atoms with Crippen LogP contribution in [0.1, 0.15) is 85.5 Å². The molecule has 6 rings (SSSR count). The molecule has 6 aliphatic rings. The van der Waals surface area contributed by atoms with E-state index in [0.29, 0.717) is 23.5 Å². The van der Waals surface area contributed by atoms with Crippen molar-refractivity contribution in [2.75, 3.05) is 33.7 Å². The summed E-state index contributed by atoms with van der Waals surface area (Å²) in [6, 6.07) is 0.583. The van der Waals surface area contributed by atoms with E-state index in [-0.39, 0.29) is 11.7 Å². The van der Waals surface area contributed by atoms with Crippen molar-refractivity contribution in [3.05, 3.63) is 22.8 Å². The summed E-state index contributed by atoms with van der Waals surface area (Å²) >= 11 is 0. The van der Waals surface area contributed by atoms with Crippen molar-refractivity contribution in [2.24, 2.45) is 35.0 Å². The first-order valence-electron chi connectivity index (χ1n) is 15.3. The van der Waals surface area contributed by atoms with Crippen LogP contribution in [0.3, 0.4) is 0 Å². The van der Waals surface area contributed by atoms with Crippen LogP contribution in [-0.4, -0.2) is 72.5 Å². The SMILES string of the molecule is CC1=C2C[C@H]3C(CCC4=C[C@@H](O)CC[C@@]43C)[C@@H]2CC[C@@]2(C1)O[C@@H]1C[C@H](C)CN(CCN(C)C)[C@H]1[C@H]2C. The summed E-state index contributed by atoms with van der Waals surface area (Å²) in [6.07, 6.45) is 13.3. The maximum absolute atomic E-state index is 10.3. The summed E-state index contributed by atoms with van der Waals surface area (Å²) in [5.41, 5.74) is 5.42.